The van der Waals surface area contributed by atoms with Gasteiger partial charge in [0.15, 0.2) is 17.5 Å². The molecule has 3 aromatic heterocycles. The zero-order valence-corrected chi connectivity index (χ0v) is 25.9. The fourth-order valence-corrected chi connectivity index (χ4v) is 6.18. The van der Waals surface area contributed by atoms with Crippen molar-refractivity contribution in [2.24, 2.45) is 0 Å². The van der Waals surface area contributed by atoms with Crippen LogP contribution < -0.4 is 0 Å². The first-order chi connectivity index (χ1) is 29.3. The van der Waals surface area contributed by atoms with E-state index in [2.05, 4.69) is 0 Å². The molecule has 0 saturated carbocycles. The van der Waals surface area contributed by atoms with Crippen molar-refractivity contribution in [2.45, 2.75) is 0 Å². The summed E-state index contributed by atoms with van der Waals surface area (Å²) in [6, 6.07) is 23.7. The molecule has 0 spiro atoms. The third-order valence-corrected chi connectivity index (χ3v) is 8.57. The fraction of sp³-hybridized carbons (Fsp3) is 0. The maximum absolute atomic E-state index is 9.51. The Morgan fingerprint density at radius 1 is 0.400 bits per heavy atom. The van der Waals surface area contributed by atoms with Crippen LogP contribution in [0.25, 0.3) is 100 Å². The van der Waals surface area contributed by atoms with Gasteiger partial charge in [-0.25, -0.2) is 15.0 Å². The second kappa shape index (κ2) is 11.4. The molecular weight excluding hydrogens is 615 g/mol. The average molecular weight is 653 g/mol. The van der Waals surface area contributed by atoms with Crippen molar-refractivity contribution in [3.8, 4) is 56.4 Å². The quantitative estimate of drug-likeness (QED) is 0.185. The van der Waals surface area contributed by atoms with Crippen LogP contribution in [-0.4, -0.2) is 15.0 Å². The van der Waals surface area contributed by atoms with Gasteiger partial charge in [0.1, 0.15) is 22.3 Å². The molecule has 0 fully saturated rings. The summed E-state index contributed by atoms with van der Waals surface area (Å²) in [5.41, 5.74) is 2.83. The second-order valence-electron chi connectivity index (χ2n) is 11.6. The van der Waals surface area contributed by atoms with Crippen LogP contribution in [-0.2, 0) is 0 Å². The summed E-state index contributed by atoms with van der Waals surface area (Å²) in [6.07, 6.45) is 0. The molecule has 7 aromatic carbocycles. The normalized spacial score (nSPS) is 14.7. The molecule has 0 bridgehead atoms. The molecule has 5 heteroatoms. The molecule has 0 saturated heterocycles. The van der Waals surface area contributed by atoms with Gasteiger partial charge in [0.2, 0.25) is 0 Å². The summed E-state index contributed by atoms with van der Waals surface area (Å²) >= 11 is 0. The predicted octanol–water partition coefficient (Wildman–Crippen LogP) is 12.0. The van der Waals surface area contributed by atoms with Gasteiger partial charge in [0.25, 0.3) is 0 Å². The van der Waals surface area contributed by atoms with Crippen LogP contribution in [0, 0.1) is 0 Å². The topological polar surface area (TPSA) is 65.0 Å². The first-order valence-corrected chi connectivity index (χ1v) is 15.7. The first kappa shape index (κ1) is 19.2. The van der Waals surface area contributed by atoms with Crippen LogP contribution in [0.4, 0.5) is 0 Å². The van der Waals surface area contributed by atoms with Crippen LogP contribution in [0.5, 0.6) is 0 Å². The molecule has 0 aliphatic rings. The Labute approximate surface area is 302 Å². The van der Waals surface area contributed by atoms with Crippen molar-refractivity contribution < 1.29 is 23.9 Å². The number of hydrogen-bond donors (Lipinski definition) is 0. The number of aromatic nitrogens is 3. The van der Waals surface area contributed by atoms with Crippen LogP contribution in [0.1, 0.15) is 15.1 Å². The number of rotatable bonds is 5. The minimum Gasteiger partial charge on any atom is -0.456 e. The van der Waals surface area contributed by atoms with E-state index in [-0.39, 0.29) is 50.5 Å². The summed E-state index contributed by atoms with van der Waals surface area (Å²) < 4.78 is 109. The Bertz CT molecular complexity index is 3470. The van der Waals surface area contributed by atoms with Gasteiger partial charge in [-0.1, -0.05) is 121 Å². The maximum Gasteiger partial charge on any atom is 0.164 e. The molecule has 0 unspecified atom stereocenters. The summed E-state index contributed by atoms with van der Waals surface area (Å²) in [4.78, 5) is 14.4. The van der Waals surface area contributed by atoms with E-state index in [1.807, 2.05) is 91.0 Å². The molecule has 10 aromatic rings. The predicted molar refractivity (Wildman–Crippen MR) is 202 cm³/mol. The molecular formula is C45H27N3O2. The van der Waals surface area contributed by atoms with Crippen LogP contribution in [0.2, 0.25) is 0 Å². The third-order valence-electron chi connectivity index (χ3n) is 8.57. The third kappa shape index (κ3) is 4.75. The zero-order valence-electron chi connectivity index (χ0n) is 36.9. The van der Waals surface area contributed by atoms with E-state index in [9.17, 15) is 4.11 Å². The number of nitrogens with zero attached hydrogens (tertiary/aromatic N) is 3. The van der Waals surface area contributed by atoms with E-state index in [0.29, 0.717) is 22.3 Å². The van der Waals surface area contributed by atoms with Crippen molar-refractivity contribution in [3.63, 3.8) is 0 Å². The van der Waals surface area contributed by atoms with E-state index in [1.165, 1.54) is 0 Å². The molecule has 0 atom stereocenters. The lowest BCUT2D eigenvalue weighted by molar-refractivity contribution is 0.668. The number of fused-ring (bicyclic) bond motifs is 6. The monoisotopic (exact) mass is 652 g/mol. The molecule has 234 valence electrons. The Kier molecular flexibility index (Phi) is 4.38. The van der Waals surface area contributed by atoms with E-state index >= 15 is 0 Å². The number of hydrogen-bond acceptors (Lipinski definition) is 5. The minimum atomic E-state index is -0.690. The smallest absolute Gasteiger partial charge is 0.164 e. The SMILES string of the molecule is [2H]c1c([2H])c([2H])c(-c2c([2H])c([2H])c([2H])c3oc4c([2H])c(-c5nc(-c6ccc(-c7ccccc7)cc6)nc(-c6ccc7oc8ccccc8c7c6)n5)c([2H])c([2H])c4c23)c([2H])c1[2H]. The summed E-state index contributed by atoms with van der Waals surface area (Å²) in [6.45, 7) is 0. The van der Waals surface area contributed by atoms with Crippen molar-refractivity contribution in [1.82, 2.24) is 15.0 Å². The Balaban J connectivity index is 1.24. The number of furan rings is 2. The van der Waals surface area contributed by atoms with Gasteiger partial charge < -0.3 is 8.83 Å². The summed E-state index contributed by atoms with van der Waals surface area (Å²) in [7, 11) is 0. The van der Waals surface area contributed by atoms with Gasteiger partial charge in [0.05, 0.1) is 15.1 Å². The first-order valence-electron chi connectivity index (χ1n) is 21.2. The lowest BCUT2D eigenvalue weighted by atomic mass is 9.99. The fourth-order valence-electron chi connectivity index (χ4n) is 6.18. The highest BCUT2D eigenvalue weighted by molar-refractivity contribution is 6.13. The molecule has 50 heavy (non-hydrogen) atoms. The molecule has 0 N–H and O–H groups in total. The van der Waals surface area contributed by atoms with Gasteiger partial charge in [-0.15, -0.1) is 0 Å². The van der Waals surface area contributed by atoms with Crippen molar-refractivity contribution in [3.05, 3.63) is 164 Å². The molecule has 0 radical (unpaired) electrons. The lowest BCUT2D eigenvalue weighted by Gasteiger charge is -2.09. The highest BCUT2D eigenvalue weighted by atomic mass is 16.3. The second-order valence-corrected chi connectivity index (χ2v) is 11.6. The molecule has 0 aliphatic carbocycles. The van der Waals surface area contributed by atoms with Gasteiger partial charge >= 0.3 is 0 Å². The molecule has 0 aliphatic heterocycles. The Morgan fingerprint density at radius 2 is 1.06 bits per heavy atom. The zero-order chi connectivity index (χ0) is 42.6. The van der Waals surface area contributed by atoms with Crippen molar-refractivity contribution in [2.75, 3.05) is 0 Å². The van der Waals surface area contributed by atoms with E-state index < -0.39 is 72.0 Å². The van der Waals surface area contributed by atoms with Crippen LogP contribution in [0.15, 0.2) is 172 Å². The van der Waals surface area contributed by atoms with Gasteiger partial charge in [-0.05, 0) is 64.6 Å². The van der Waals surface area contributed by atoms with E-state index in [4.69, 9.17) is 34.8 Å². The highest BCUT2D eigenvalue weighted by Crippen LogP contribution is 2.39. The maximum atomic E-state index is 9.51. The summed E-state index contributed by atoms with van der Waals surface area (Å²) in [5, 5.41) is 1.28. The van der Waals surface area contributed by atoms with E-state index in [0.717, 1.165) is 21.9 Å². The average Bonchev–Trinajstić information content (AvgIpc) is 3.87. The molecule has 0 amide bonds. The standard InChI is InChI=1S/C45H27N3O2/c1-3-10-28(11-4-1)29-18-20-31(21-19-29)43-46-44(32-23-25-39-37(26-32)35-14-7-8-16-38(35)49-39)48-45(47-43)33-22-24-36-41(27-33)50-40-17-9-15-34(42(36)40)30-12-5-2-6-13-30/h1-27H/i2D,5D,6D,9D,12D,13D,15D,17D,22D,24D,27D. The largest absolute Gasteiger partial charge is 0.456 e. The van der Waals surface area contributed by atoms with Gasteiger partial charge in [-0.3, -0.25) is 0 Å². The molecule has 10 rings (SSSR count). The van der Waals surface area contributed by atoms with Crippen molar-refractivity contribution in [1.29, 1.82) is 0 Å². The van der Waals surface area contributed by atoms with Crippen LogP contribution in [0.3, 0.4) is 0 Å². The van der Waals surface area contributed by atoms with E-state index in [1.54, 1.807) is 6.07 Å². The number of para-hydroxylation sites is 1. The van der Waals surface area contributed by atoms with Gasteiger partial charge in [0, 0.05) is 38.2 Å². The number of benzene rings is 7. The Hall–Kier alpha value is -6.85. The highest BCUT2D eigenvalue weighted by Gasteiger charge is 2.17. The lowest BCUT2D eigenvalue weighted by Crippen LogP contribution is -2.00. The van der Waals surface area contributed by atoms with Gasteiger partial charge in [-0.2, -0.15) is 0 Å². The molecule has 3 heterocycles. The minimum absolute atomic E-state index is 0.130. The Morgan fingerprint density at radius 3 is 1.90 bits per heavy atom. The summed E-state index contributed by atoms with van der Waals surface area (Å²) in [5.74, 6) is 0.278. The van der Waals surface area contributed by atoms with Crippen molar-refractivity contribution >= 4 is 43.9 Å². The molecule has 5 nitrogen and oxygen atoms in total. The van der Waals surface area contributed by atoms with Crippen LogP contribution >= 0.6 is 0 Å².